The van der Waals surface area contributed by atoms with Crippen molar-refractivity contribution < 1.29 is 0 Å². The molecule has 0 aromatic carbocycles. The van der Waals surface area contributed by atoms with Gasteiger partial charge in [0.25, 0.3) is 0 Å². The first-order valence-electron chi connectivity index (χ1n) is 5.85. The van der Waals surface area contributed by atoms with Crippen LogP contribution in [0, 0.1) is 18.8 Å². The second-order valence-electron chi connectivity index (χ2n) is 4.96. The highest BCUT2D eigenvalue weighted by Crippen LogP contribution is 2.38. The van der Waals surface area contributed by atoms with Crippen LogP contribution < -0.4 is 4.90 Å². The SMILES string of the molecule is Cc1cc(CCl)cc(N(C)CC2CC2C)n1. The van der Waals surface area contributed by atoms with E-state index < -0.39 is 0 Å². The molecule has 3 heteroatoms. The molecule has 0 spiro atoms. The summed E-state index contributed by atoms with van der Waals surface area (Å²) in [5.41, 5.74) is 2.20. The average molecular weight is 239 g/mol. The van der Waals surface area contributed by atoms with Crippen LogP contribution in [0.3, 0.4) is 0 Å². The Bertz CT molecular complexity index is 378. The molecule has 0 radical (unpaired) electrons. The van der Waals surface area contributed by atoms with Gasteiger partial charge in [-0.05, 0) is 42.9 Å². The first kappa shape index (κ1) is 11.7. The van der Waals surface area contributed by atoms with Crippen molar-refractivity contribution in [3.8, 4) is 0 Å². The maximum atomic E-state index is 5.87. The van der Waals surface area contributed by atoms with Crippen LogP contribution in [0.25, 0.3) is 0 Å². The van der Waals surface area contributed by atoms with Gasteiger partial charge in [0, 0.05) is 25.2 Å². The third kappa shape index (κ3) is 2.67. The van der Waals surface area contributed by atoms with Crippen molar-refractivity contribution in [1.82, 2.24) is 4.98 Å². The van der Waals surface area contributed by atoms with Crippen LogP contribution in [-0.2, 0) is 5.88 Å². The summed E-state index contributed by atoms with van der Waals surface area (Å²) >= 11 is 5.87. The largest absolute Gasteiger partial charge is 0.359 e. The highest BCUT2D eigenvalue weighted by Gasteiger charge is 2.33. The van der Waals surface area contributed by atoms with E-state index in [-0.39, 0.29) is 0 Å². The Hall–Kier alpha value is -0.760. The number of nitrogens with zero attached hydrogens (tertiary/aromatic N) is 2. The Morgan fingerprint density at radius 1 is 1.50 bits per heavy atom. The summed E-state index contributed by atoms with van der Waals surface area (Å²) in [4.78, 5) is 6.80. The van der Waals surface area contributed by atoms with Gasteiger partial charge in [0.05, 0.1) is 0 Å². The normalized spacial score (nSPS) is 23.2. The van der Waals surface area contributed by atoms with Crippen molar-refractivity contribution in [3.63, 3.8) is 0 Å². The fourth-order valence-electron chi connectivity index (χ4n) is 2.09. The summed E-state index contributed by atoms with van der Waals surface area (Å²) in [6.45, 7) is 5.44. The molecule has 0 amide bonds. The van der Waals surface area contributed by atoms with Crippen molar-refractivity contribution >= 4 is 17.4 Å². The zero-order valence-corrected chi connectivity index (χ0v) is 11.0. The smallest absolute Gasteiger partial charge is 0.128 e. The third-order valence-corrected chi connectivity index (χ3v) is 3.64. The predicted molar refractivity (Wildman–Crippen MR) is 69.1 cm³/mol. The molecule has 1 saturated carbocycles. The monoisotopic (exact) mass is 238 g/mol. The van der Waals surface area contributed by atoms with Gasteiger partial charge >= 0.3 is 0 Å². The van der Waals surface area contributed by atoms with Crippen molar-refractivity contribution in [1.29, 1.82) is 0 Å². The number of hydrogen-bond donors (Lipinski definition) is 0. The highest BCUT2D eigenvalue weighted by molar-refractivity contribution is 6.17. The van der Waals surface area contributed by atoms with Gasteiger partial charge in [-0.15, -0.1) is 11.6 Å². The lowest BCUT2D eigenvalue weighted by atomic mass is 10.2. The average Bonchev–Trinajstić information content (AvgIpc) is 2.93. The van der Waals surface area contributed by atoms with Crippen LogP contribution in [0.15, 0.2) is 12.1 Å². The molecule has 1 aliphatic rings. The van der Waals surface area contributed by atoms with Gasteiger partial charge in [0.1, 0.15) is 5.82 Å². The molecule has 1 fully saturated rings. The zero-order chi connectivity index (χ0) is 11.7. The van der Waals surface area contributed by atoms with E-state index in [0.717, 1.165) is 35.5 Å². The van der Waals surface area contributed by atoms with Gasteiger partial charge in [-0.3, -0.25) is 0 Å². The minimum Gasteiger partial charge on any atom is -0.359 e. The van der Waals surface area contributed by atoms with Gasteiger partial charge in [0.2, 0.25) is 0 Å². The van der Waals surface area contributed by atoms with E-state index in [2.05, 4.69) is 29.9 Å². The molecule has 0 bridgehead atoms. The van der Waals surface area contributed by atoms with E-state index in [1.54, 1.807) is 0 Å². The Morgan fingerprint density at radius 2 is 2.19 bits per heavy atom. The molecule has 16 heavy (non-hydrogen) atoms. The van der Waals surface area contributed by atoms with Crippen LogP contribution in [0.1, 0.15) is 24.6 Å². The third-order valence-electron chi connectivity index (χ3n) is 3.33. The fourth-order valence-corrected chi connectivity index (χ4v) is 2.25. The molecule has 1 aromatic heterocycles. The first-order valence-corrected chi connectivity index (χ1v) is 6.38. The summed E-state index contributed by atoms with van der Waals surface area (Å²) in [5.74, 6) is 3.35. The highest BCUT2D eigenvalue weighted by atomic mass is 35.5. The van der Waals surface area contributed by atoms with Crippen LogP contribution >= 0.6 is 11.6 Å². The standard InChI is InChI=1S/C13H19ClN2/c1-9-4-12(9)8-16(3)13-6-11(7-14)5-10(2)15-13/h5-6,9,12H,4,7-8H2,1-3H3. The van der Waals surface area contributed by atoms with Gasteiger partial charge in [0.15, 0.2) is 0 Å². The number of alkyl halides is 1. The lowest BCUT2D eigenvalue weighted by Gasteiger charge is -2.19. The summed E-state index contributed by atoms with van der Waals surface area (Å²) in [7, 11) is 2.12. The Labute approximate surface area is 103 Å². The summed E-state index contributed by atoms with van der Waals surface area (Å²) in [6, 6.07) is 4.14. The number of aromatic nitrogens is 1. The van der Waals surface area contributed by atoms with Crippen molar-refractivity contribution in [2.24, 2.45) is 11.8 Å². The maximum Gasteiger partial charge on any atom is 0.128 e. The topological polar surface area (TPSA) is 16.1 Å². The Balaban J connectivity index is 2.09. The number of hydrogen-bond acceptors (Lipinski definition) is 2. The molecule has 2 nitrogen and oxygen atoms in total. The number of rotatable bonds is 4. The molecule has 0 N–H and O–H groups in total. The van der Waals surface area contributed by atoms with Crippen molar-refractivity contribution in [2.75, 3.05) is 18.5 Å². The molecule has 88 valence electrons. The van der Waals surface area contributed by atoms with Gasteiger partial charge in [-0.2, -0.15) is 0 Å². The van der Waals surface area contributed by atoms with Crippen LogP contribution in [0.2, 0.25) is 0 Å². The van der Waals surface area contributed by atoms with Gasteiger partial charge in [-0.25, -0.2) is 4.98 Å². The summed E-state index contributed by atoms with van der Waals surface area (Å²) in [5, 5.41) is 0. The van der Waals surface area contributed by atoms with E-state index in [4.69, 9.17) is 11.6 Å². The predicted octanol–water partition coefficient (Wildman–Crippen LogP) is 3.22. The van der Waals surface area contributed by atoms with Crippen LogP contribution in [0.5, 0.6) is 0 Å². The number of anilines is 1. The summed E-state index contributed by atoms with van der Waals surface area (Å²) < 4.78 is 0. The van der Waals surface area contributed by atoms with Crippen LogP contribution in [0.4, 0.5) is 5.82 Å². The molecule has 2 atom stereocenters. The lowest BCUT2D eigenvalue weighted by molar-refractivity contribution is 0.718. The fraction of sp³-hybridized carbons (Fsp3) is 0.615. The van der Waals surface area contributed by atoms with E-state index in [1.807, 2.05) is 13.0 Å². The molecular formula is C13H19ClN2. The molecule has 2 rings (SSSR count). The quantitative estimate of drug-likeness (QED) is 0.749. The number of pyridine rings is 1. The number of halogens is 1. The van der Waals surface area contributed by atoms with Crippen molar-refractivity contribution in [2.45, 2.75) is 26.1 Å². The molecule has 1 heterocycles. The Morgan fingerprint density at radius 3 is 2.75 bits per heavy atom. The molecular weight excluding hydrogens is 220 g/mol. The zero-order valence-electron chi connectivity index (χ0n) is 10.2. The molecule has 1 aromatic rings. The lowest BCUT2D eigenvalue weighted by Crippen LogP contribution is -2.22. The van der Waals surface area contributed by atoms with E-state index >= 15 is 0 Å². The van der Waals surface area contributed by atoms with E-state index in [1.165, 1.54) is 6.42 Å². The maximum absolute atomic E-state index is 5.87. The number of aryl methyl sites for hydroxylation is 1. The molecule has 0 saturated heterocycles. The summed E-state index contributed by atoms with van der Waals surface area (Å²) in [6.07, 6.45) is 1.36. The Kier molecular flexibility index (Phi) is 3.38. The minimum atomic E-state index is 0.560. The molecule has 0 aliphatic heterocycles. The second kappa shape index (κ2) is 4.62. The minimum absolute atomic E-state index is 0.560. The second-order valence-corrected chi connectivity index (χ2v) is 5.23. The van der Waals surface area contributed by atoms with Gasteiger partial charge in [-0.1, -0.05) is 6.92 Å². The molecule has 2 unspecified atom stereocenters. The van der Waals surface area contributed by atoms with Gasteiger partial charge < -0.3 is 4.90 Å². The van der Waals surface area contributed by atoms with Crippen molar-refractivity contribution in [3.05, 3.63) is 23.4 Å². The molecule has 1 aliphatic carbocycles. The van der Waals surface area contributed by atoms with E-state index in [0.29, 0.717) is 5.88 Å². The van der Waals surface area contributed by atoms with Crippen LogP contribution in [-0.4, -0.2) is 18.6 Å². The van der Waals surface area contributed by atoms with E-state index in [9.17, 15) is 0 Å². The first-order chi connectivity index (χ1) is 7.60.